The van der Waals surface area contributed by atoms with Crippen molar-refractivity contribution in [2.45, 2.75) is 37.1 Å². The lowest BCUT2D eigenvalue weighted by Gasteiger charge is -2.16. The van der Waals surface area contributed by atoms with Crippen molar-refractivity contribution < 1.29 is 36.7 Å². The second-order valence-corrected chi connectivity index (χ2v) is 11.9. The van der Waals surface area contributed by atoms with Gasteiger partial charge in [-0.15, -0.1) is 0 Å². The quantitative estimate of drug-likeness (QED) is 0.196. The molecule has 0 spiro atoms. The van der Waals surface area contributed by atoms with Crippen LogP contribution in [0.25, 0.3) is 5.69 Å². The zero-order valence-electron chi connectivity index (χ0n) is 24.5. The molecule has 1 aromatic heterocycles. The van der Waals surface area contributed by atoms with E-state index in [-0.39, 0.29) is 29.2 Å². The van der Waals surface area contributed by atoms with Gasteiger partial charge in [-0.3, -0.25) is 19.1 Å². The zero-order valence-corrected chi connectivity index (χ0v) is 25.3. The number of benzene rings is 3. The zero-order chi connectivity index (χ0) is 33.8. The van der Waals surface area contributed by atoms with Gasteiger partial charge < -0.3 is 15.0 Å². The van der Waals surface area contributed by atoms with Crippen molar-refractivity contribution in [3.8, 4) is 5.69 Å². The molecule has 4 rings (SSSR count). The highest BCUT2D eigenvalue weighted by Crippen LogP contribution is 2.23. The Labute approximate surface area is 261 Å². The van der Waals surface area contributed by atoms with Gasteiger partial charge in [0, 0.05) is 37.7 Å². The molecule has 3 aromatic carbocycles. The molecule has 1 atom stereocenters. The SMILES string of the molecule is CCCC(=O)c1ccc(S(=O)(=O)Nc2cc(F)c(C(=O)N[C@@H](Cc3ccc(-n4c(=O)ccn(C)c4=O)cc3)C(=O)O)c(F)c2)cc1. The van der Waals surface area contributed by atoms with E-state index in [1.165, 1.54) is 72.4 Å². The highest BCUT2D eigenvalue weighted by molar-refractivity contribution is 7.92. The van der Waals surface area contributed by atoms with E-state index < -0.39 is 62.1 Å². The van der Waals surface area contributed by atoms with Crippen LogP contribution in [0.5, 0.6) is 0 Å². The normalized spacial score (nSPS) is 11.9. The number of anilines is 1. The van der Waals surface area contributed by atoms with Crippen LogP contribution in [0.4, 0.5) is 14.5 Å². The molecule has 0 unspecified atom stereocenters. The minimum absolute atomic E-state index is 0.172. The summed E-state index contributed by atoms with van der Waals surface area (Å²) in [7, 11) is -2.88. The van der Waals surface area contributed by atoms with Gasteiger partial charge in [-0.1, -0.05) is 31.2 Å². The molecule has 0 fully saturated rings. The molecular formula is C31H28F2N4O8S. The van der Waals surface area contributed by atoms with Crippen LogP contribution in [-0.2, 0) is 28.3 Å². The number of carbonyl (C=O) groups excluding carboxylic acids is 2. The predicted molar refractivity (Wildman–Crippen MR) is 163 cm³/mol. The number of aromatic nitrogens is 2. The molecular weight excluding hydrogens is 626 g/mol. The van der Waals surface area contributed by atoms with Crippen LogP contribution in [-0.4, -0.2) is 46.4 Å². The number of aliphatic carboxylic acids is 1. The van der Waals surface area contributed by atoms with Crippen LogP contribution < -0.4 is 21.3 Å². The average Bonchev–Trinajstić information content (AvgIpc) is 2.99. The Balaban J connectivity index is 1.49. The molecule has 0 radical (unpaired) electrons. The van der Waals surface area contributed by atoms with Gasteiger partial charge in [-0.25, -0.2) is 31.4 Å². The molecule has 0 bridgehead atoms. The molecule has 46 heavy (non-hydrogen) atoms. The summed E-state index contributed by atoms with van der Waals surface area (Å²) < 4.78 is 59.6. The van der Waals surface area contributed by atoms with Crippen molar-refractivity contribution in [1.29, 1.82) is 0 Å². The molecule has 3 N–H and O–H groups in total. The van der Waals surface area contributed by atoms with Gasteiger partial charge in [0.25, 0.3) is 21.5 Å². The first kappa shape index (κ1) is 33.5. The van der Waals surface area contributed by atoms with Gasteiger partial charge in [0.2, 0.25) is 0 Å². The van der Waals surface area contributed by atoms with E-state index in [1.807, 2.05) is 11.6 Å². The number of carboxylic acids is 1. The molecule has 0 aliphatic heterocycles. The fourth-order valence-corrected chi connectivity index (χ4v) is 5.55. The number of sulfonamides is 1. The predicted octanol–water partition coefficient (Wildman–Crippen LogP) is 3.02. The Morgan fingerprint density at radius 2 is 1.54 bits per heavy atom. The first-order valence-corrected chi connectivity index (χ1v) is 15.3. The summed E-state index contributed by atoms with van der Waals surface area (Å²) in [5, 5.41) is 11.7. The van der Waals surface area contributed by atoms with E-state index in [0.717, 1.165) is 4.57 Å². The van der Waals surface area contributed by atoms with Crippen LogP contribution in [0.2, 0.25) is 0 Å². The number of amides is 1. The number of Topliss-reactive ketones (excluding diaryl/α,β-unsaturated/α-hetero) is 1. The van der Waals surface area contributed by atoms with Crippen molar-refractivity contribution in [2.24, 2.45) is 7.05 Å². The van der Waals surface area contributed by atoms with Crippen LogP contribution in [0.1, 0.15) is 46.0 Å². The Morgan fingerprint density at radius 1 is 0.935 bits per heavy atom. The number of carbonyl (C=O) groups is 3. The minimum atomic E-state index is -4.34. The van der Waals surface area contributed by atoms with Crippen molar-refractivity contribution in [3.63, 3.8) is 0 Å². The van der Waals surface area contributed by atoms with Gasteiger partial charge in [-0.05, 0) is 48.4 Å². The standard InChI is InChI=1S/C31H28F2N4O8S/c1-3-4-26(38)19-7-11-22(12-8-19)46(44,45)35-20-16-23(32)28(24(33)17-20)29(40)34-25(30(41)42)15-18-5-9-21(10-6-18)37-27(39)13-14-36(2)31(37)43/h5-14,16-17,25,35H,3-4,15H2,1-2H3,(H,34,40)(H,41,42)/t25-/m0/s1. The molecule has 4 aromatic rings. The van der Waals surface area contributed by atoms with Gasteiger partial charge in [-0.2, -0.15) is 0 Å². The summed E-state index contributed by atoms with van der Waals surface area (Å²) in [6.07, 6.45) is 1.88. The Hall–Kier alpha value is -5.44. The van der Waals surface area contributed by atoms with E-state index in [9.17, 15) is 46.3 Å². The molecule has 240 valence electrons. The third-order valence-corrected chi connectivity index (χ3v) is 8.27. The monoisotopic (exact) mass is 654 g/mol. The van der Waals surface area contributed by atoms with Crippen LogP contribution in [0, 0.1) is 11.6 Å². The third kappa shape index (κ3) is 7.43. The molecule has 0 aliphatic rings. The Morgan fingerprint density at radius 3 is 2.11 bits per heavy atom. The summed E-state index contributed by atoms with van der Waals surface area (Å²) in [4.78, 5) is 61.0. The topological polar surface area (TPSA) is 174 Å². The number of hydrogen-bond donors (Lipinski definition) is 3. The lowest BCUT2D eigenvalue weighted by Crippen LogP contribution is -2.43. The second kappa shape index (κ2) is 13.7. The average molecular weight is 655 g/mol. The van der Waals surface area contributed by atoms with Crippen molar-refractivity contribution in [1.82, 2.24) is 14.5 Å². The molecule has 0 saturated heterocycles. The molecule has 0 saturated carbocycles. The highest BCUT2D eigenvalue weighted by Gasteiger charge is 2.26. The Kier molecular flexibility index (Phi) is 9.95. The van der Waals surface area contributed by atoms with Crippen molar-refractivity contribution in [2.75, 3.05) is 4.72 Å². The first-order chi connectivity index (χ1) is 21.7. The number of halogens is 2. The summed E-state index contributed by atoms with van der Waals surface area (Å²) in [5.41, 5.74) is -1.99. The van der Waals surface area contributed by atoms with Crippen LogP contribution in [0.3, 0.4) is 0 Å². The van der Waals surface area contributed by atoms with Crippen LogP contribution >= 0.6 is 0 Å². The van der Waals surface area contributed by atoms with Crippen molar-refractivity contribution >= 4 is 33.4 Å². The Bertz CT molecular complexity index is 2020. The maximum atomic E-state index is 15.0. The summed E-state index contributed by atoms with van der Waals surface area (Å²) in [6, 6.07) is 11.3. The van der Waals surface area contributed by atoms with E-state index in [4.69, 9.17) is 0 Å². The van der Waals surface area contributed by atoms with E-state index in [2.05, 4.69) is 5.32 Å². The van der Waals surface area contributed by atoms with Gasteiger partial charge in [0.1, 0.15) is 23.2 Å². The lowest BCUT2D eigenvalue weighted by molar-refractivity contribution is -0.139. The van der Waals surface area contributed by atoms with Crippen molar-refractivity contribution in [3.05, 3.63) is 122 Å². The number of aryl methyl sites for hydroxylation is 1. The van der Waals surface area contributed by atoms with E-state index in [0.29, 0.717) is 29.7 Å². The molecule has 0 aliphatic carbocycles. The molecule has 12 nitrogen and oxygen atoms in total. The summed E-state index contributed by atoms with van der Waals surface area (Å²) >= 11 is 0. The maximum absolute atomic E-state index is 15.0. The number of nitrogens with one attached hydrogen (secondary N) is 2. The molecule has 1 amide bonds. The first-order valence-electron chi connectivity index (χ1n) is 13.8. The highest BCUT2D eigenvalue weighted by atomic mass is 32.2. The molecule has 1 heterocycles. The number of nitrogens with zero attached hydrogens (tertiary/aromatic N) is 2. The fraction of sp³-hybridized carbons (Fsp3) is 0.194. The third-order valence-electron chi connectivity index (χ3n) is 6.88. The minimum Gasteiger partial charge on any atom is -0.480 e. The fourth-order valence-electron chi connectivity index (χ4n) is 4.51. The lowest BCUT2D eigenvalue weighted by atomic mass is 10.0. The second-order valence-electron chi connectivity index (χ2n) is 10.2. The number of hydrogen-bond acceptors (Lipinski definition) is 7. The smallest absolute Gasteiger partial charge is 0.335 e. The number of carboxylic acid groups (broad SMARTS) is 1. The molecule has 15 heteroatoms. The van der Waals surface area contributed by atoms with Crippen LogP contribution in [0.15, 0.2) is 87.4 Å². The summed E-state index contributed by atoms with van der Waals surface area (Å²) in [6.45, 7) is 1.82. The number of ketones is 1. The van der Waals surface area contributed by atoms with Gasteiger partial charge >= 0.3 is 11.7 Å². The van der Waals surface area contributed by atoms with Gasteiger partial charge in [0.05, 0.1) is 16.3 Å². The maximum Gasteiger partial charge on any atom is 0.335 e. The van der Waals surface area contributed by atoms with Gasteiger partial charge in [0.15, 0.2) is 5.78 Å². The summed E-state index contributed by atoms with van der Waals surface area (Å²) in [5.74, 6) is -6.01. The van der Waals surface area contributed by atoms with E-state index in [1.54, 1.807) is 0 Å². The largest absolute Gasteiger partial charge is 0.480 e. The number of rotatable bonds is 12. The van der Waals surface area contributed by atoms with E-state index >= 15 is 0 Å².